The molecule has 1 N–H and O–H groups in total. The van der Waals surface area contributed by atoms with Crippen LogP contribution in [0, 0.1) is 12.8 Å². The molecule has 2 aromatic rings. The van der Waals surface area contributed by atoms with Gasteiger partial charge >= 0.3 is 0 Å². The van der Waals surface area contributed by atoms with E-state index in [4.69, 9.17) is 9.47 Å². The second kappa shape index (κ2) is 6.91. The summed E-state index contributed by atoms with van der Waals surface area (Å²) in [6.45, 7) is 2.40. The highest BCUT2D eigenvalue weighted by atomic mass is 16.5. The summed E-state index contributed by atoms with van der Waals surface area (Å²) in [5, 5.41) is 2.98. The van der Waals surface area contributed by atoms with Gasteiger partial charge < -0.3 is 14.8 Å². The van der Waals surface area contributed by atoms with Crippen molar-refractivity contribution in [1.82, 2.24) is 10.3 Å². The number of hydrogen-bond acceptors (Lipinski definition) is 4. The Morgan fingerprint density at radius 1 is 1.25 bits per heavy atom. The van der Waals surface area contributed by atoms with Crippen LogP contribution >= 0.6 is 0 Å². The van der Waals surface area contributed by atoms with Crippen LogP contribution in [0.1, 0.15) is 29.3 Å². The minimum atomic E-state index is -0.0178. The molecule has 0 unspecified atom stereocenters. The Hall–Kier alpha value is -2.56. The molecule has 1 aliphatic carbocycles. The number of carbonyl (C=O) groups excluding carboxylic acids is 1. The van der Waals surface area contributed by atoms with Crippen LogP contribution in [0.3, 0.4) is 0 Å². The van der Waals surface area contributed by atoms with Gasteiger partial charge in [-0.2, -0.15) is 0 Å². The van der Waals surface area contributed by atoms with Gasteiger partial charge in [0.05, 0.1) is 26.5 Å². The fourth-order valence-corrected chi connectivity index (χ4v) is 2.96. The van der Waals surface area contributed by atoms with Crippen LogP contribution in [-0.2, 0) is 11.3 Å². The molecule has 5 nitrogen and oxygen atoms in total. The van der Waals surface area contributed by atoms with Gasteiger partial charge in [-0.15, -0.1) is 0 Å². The van der Waals surface area contributed by atoms with Crippen molar-refractivity contribution in [3.05, 3.63) is 53.3 Å². The van der Waals surface area contributed by atoms with E-state index in [0.717, 1.165) is 34.9 Å². The first-order valence-corrected chi connectivity index (χ1v) is 8.04. The van der Waals surface area contributed by atoms with Gasteiger partial charge in [-0.05, 0) is 43.7 Å². The number of ether oxygens (including phenoxy) is 2. The number of rotatable bonds is 6. The number of carbonyl (C=O) groups is 1. The van der Waals surface area contributed by atoms with Gasteiger partial charge in [-0.1, -0.05) is 6.07 Å². The van der Waals surface area contributed by atoms with Crippen molar-refractivity contribution in [2.24, 2.45) is 5.92 Å². The van der Waals surface area contributed by atoms with Crippen molar-refractivity contribution in [2.75, 3.05) is 14.2 Å². The molecule has 0 radical (unpaired) electrons. The SMILES string of the molecule is COc1ccc(OC)c([C@H]2C[C@H]2C(=O)NCc2cccc(C)n2)c1. The molecule has 1 saturated carbocycles. The normalized spacial score (nSPS) is 18.8. The third kappa shape index (κ3) is 3.50. The predicted molar refractivity (Wildman–Crippen MR) is 91.2 cm³/mol. The quantitative estimate of drug-likeness (QED) is 0.887. The average molecular weight is 326 g/mol. The Balaban J connectivity index is 1.63. The Labute approximate surface area is 142 Å². The number of aromatic nitrogens is 1. The first kappa shape index (κ1) is 16.3. The average Bonchev–Trinajstić information content (AvgIpc) is 3.40. The van der Waals surface area contributed by atoms with Gasteiger partial charge in [0.2, 0.25) is 5.91 Å². The lowest BCUT2D eigenvalue weighted by Gasteiger charge is -2.10. The number of methoxy groups -OCH3 is 2. The molecule has 3 rings (SSSR count). The number of amides is 1. The first-order chi connectivity index (χ1) is 11.6. The van der Waals surface area contributed by atoms with E-state index < -0.39 is 0 Å². The van der Waals surface area contributed by atoms with Crippen molar-refractivity contribution in [1.29, 1.82) is 0 Å². The highest BCUT2D eigenvalue weighted by Gasteiger charge is 2.45. The van der Waals surface area contributed by atoms with Crippen molar-refractivity contribution in [3.8, 4) is 11.5 Å². The van der Waals surface area contributed by atoms with Crippen LogP contribution in [0.2, 0.25) is 0 Å². The molecule has 1 aromatic heterocycles. The minimum Gasteiger partial charge on any atom is -0.497 e. The number of aryl methyl sites for hydroxylation is 1. The molecule has 5 heteroatoms. The fourth-order valence-electron chi connectivity index (χ4n) is 2.96. The summed E-state index contributed by atoms with van der Waals surface area (Å²) in [4.78, 5) is 16.8. The maximum absolute atomic E-state index is 12.4. The van der Waals surface area contributed by atoms with E-state index in [1.807, 2.05) is 43.3 Å². The number of nitrogens with one attached hydrogen (secondary N) is 1. The van der Waals surface area contributed by atoms with Crippen LogP contribution in [-0.4, -0.2) is 25.1 Å². The molecule has 1 fully saturated rings. The smallest absolute Gasteiger partial charge is 0.224 e. The molecule has 24 heavy (non-hydrogen) atoms. The van der Waals surface area contributed by atoms with Gasteiger partial charge in [-0.3, -0.25) is 9.78 Å². The maximum Gasteiger partial charge on any atom is 0.224 e. The number of hydrogen-bond donors (Lipinski definition) is 1. The summed E-state index contributed by atoms with van der Waals surface area (Å²) < 4.78 is 10.7. The van der Waals surface area contributed by atoms with Crippen LogP contribution in [0.4, 0.5) is 0 Å². The lowest BCUT2D eigenvalue weighted by atomic mass is 10.1. The zero-order valence-corrected chi connectivity index (χ0v) is 14.2. The van der Waals surface area contributed by atoms with E-state index in [1.165, 1.54) is 0 Å². The molecular weight excluding hydrogens is 304 g/mol. The zero-order chi connectivity index (χ0) is 17.1. The second-order valence-electron chi connectivity index (χ2n) is 6.04. The lowest BCUT2D eigenvalue weighted by Crippen LogP contribution is -2.25. The second-order valence-corrected chi connectivity index (χ2v) is 6.04. The Morgan fingerprint density at radius 2 is 2.08 bits per heavy atom. The van der Waals surface area contributed by atoms with Crippen molar-refractivity contribution >= 4 is 5.91 Å². The number of benzene rings is 1. The summed E-state index contributed by atoms with van der Waals surface area (Å²) >= 11 is 0. The van der Waals surface area contributed by atoms with E-state index in [0.29, 0.717) is 6.54 Å². The molecule has 0 saturated heterocycles. The fraction of sp³-hybridized carbons (Fsp3) is 0.368. The van der Waals surface area contributed by atoms with Crippen molar-refractivity contribution in [2.45, 2.75) is 25.8 Å². The topological polar surface area (TPSA) is 60.5 Å². The minimum absolute atomic E-state index is 0.0178. The molecule has 1 aliphatic rings. The van der Waals surface area contributed by atoms with E-state index in [2.05, 4.69) is 10.3 Å². The Bertz CT molecular complexity index is 745. The van der Waals surface area contributed by atoms with Gasteiger partial charge in [0.25, 0.3) is 0 Å². The molecule has 0 aliphatic heterocycles. The zero-order valence-electron chi connectivity index (χ0n) is 14.2. The predicted octanol–water partition coefficient (Wildman–Crippen LogP) is 2.83. The van der Waals surface area contributed by atoms with Gasteiger partial charge in [0.1, 0.15) is 11.5 Å². The van der Waals surface area contributed by atoms with Crippen LogP contribution in [0.5, 0.6) is 11.5 Å². The summed E-state index contributed by atoms with van der Waals surface area (Å²) in [5.74, 6) is 1.81. The summed E-state index contributed by atoms with van der Waals surface area (Å²) in [7, 11) is 3.28. The number of nitrogens with zero attached hydrogens (tertiary/aromatic N) is 1. The Morgan fingerprint density at radius 3 is 2.79 bits per heavy atom. The van der Waals surface area contributed by atoms with Crippen molar-refractivity contribution < 1.29 is 14.3 Å². The molecule has 0 bridgehead atoms. The highest BCUT2D eigenvalue weighted by molar-refractivity contribution is 5.83. The molecule has 1 aromatic carbocycles. The highest BCUT2D eigenvalue weighted by Crippen LogP contribution is 2.51. The van der Waals surface area contributed by atoms with Gasteiger partial charge in [-0.25, -0.2) is 0 Å². The van der Waals surface area contributed by atoms with E-state index in [1.54, 1.807) is 14.2 Å². The summed E-state index contributed by atoms with van der Waals surface area (Å²) in [5.41, 5.74) is 2.86. The van der Waals surface area contributed by atoms with Crippen molar-refractivity contribution in [3.63, 3.8) is 0 Å². The largest absolute Gasteiger partial charge is 0.497 e. The summed E-state index contributed by atoms with van der Waals surface area (Å²) in [6.07, 6.45) is 0.830. The molecule has 1 heterocycles. The van der Waals surface area contributed by atoms with Crippen LogP contribution in [0.25, 0.3) is 0 Å². The van der Waals surface area contributed by atoms with Crippen LogP contribution < -0.4 is 14.8 Å². The monoisotopic (exact) mass is 326 g/mol. The van der Waals surface area contributed by atoms with Gasteiger partial charge in [0, 0.05) is 23.1 Å². The maximum atomic E-state index is 12.4. The van der Waals surface area contributed by atoms with E-state index >= 15 is 0 Å². The standard InChI is InChI=1S/C19H22N2O3/c1-12-5-4-6-13(21-12)11-20-19(22)17-10-15(17)16-9-14(23-2)7-8-18(16)24-3/h4-9,15,17H,10-11H2,1-3H3,(H,20,22)/t15-,17-/m1/s1. The third-order valence-corrected chi connectivity index (χ3v) is 4.35. The van der Waals surface area contributed by atoms with Crippen LogP contribution in [0.15, 0.2) is 36.4 Å². The third-order valence-electron chi connectivity index (χ3n) is 4.35. The lowest BCUT2D eigenvalue weighted by molar-refractivity contribution is -0.122. The van der Waals surface area contributed by atoms with Gasteiger partial charge in [0.15, 0.2) is 0 Å². The Kier molecular flexibility index (Phi) is 4.69. The molecule has 126 valence electrons. The molecular formula is C19H22N2O3. The molecule has 0 spiro atoms. The van der Waals surface area contributed by atoms with E-state index in [9.17, 15) is 4.79 Å². The molecule has 1 amide bonds. The molecule has 2 atom stereocenters. The first-order valence-electron chi connectivity index (χ1n) is 8.04. The number of pyridine rings is 1. The summed E-state index contributed by atoms with van der Waals surface area (Å²) in [6, 6.07) is 11.5. The van der Waals surface area contributed by atoms with E-state index in [-0.39, 0.29) is 17.7 Å².